The van der Waals surface area contributed by atoms with Crippen LogP contribution in [0.15, 0.2) is 70.5 Å². The number of anilines is 1. The van der Waals surface area contributed by atoms with Crippen LogP contribution in [0.25, 0.3) is 0 Å². The Morgan fingerprint density at radius 3 is 2.44 bits per heavy atom. The Hall–Kier alpha value is -2.73. The summed E-state index contributed by atoms with van der Waals surface area (Å²) >= 11 is 1.45. The van der Waals surface area contributed by atoms with Crippen molar-refractivity contribution in [2.24, 2.45) is 0 Å². The number of benzene rings is 3. The topological polar surface area (TPSA) is 55.5 Å². The van der Waals surface area contributed by atoms with Gasteiger partial charge >= 0.3 is 0 Å². The van der Waals surface area contributed by atoms with Gasteiger partial charge in [-0.1, -0.05) is 11.8 Å². The van der Waals surface area contributed by atoms with E-state index in [1.165, 1.54) is 11.8 Å². The normalized spacial score (nSPS) is 10.6. The Morgan fingerprint density at radius 1 is 0.960 bits per heavy atom. The van der Waals surface area contributed by atoms with Crippen LogP contribution in [-0.4, -0.2) is 5.11 Å². The van der Waals surface area contributed by atoms with Crippen LogP contribution >= 0.6 is 11.8 Å². The number of nitrogen functional groups attached to an aromatic ring is 1. The molecule has 0 unspecified atom stereocenters. The van der Waals surface area contributed by atoms with Crippen molar-refractivity contribution >= 4 is 17.4 Å². The highest BCUT2D eigenvalue weighted by molar-refractivity contribution is 7.99. The molecule has 25 heavy (non-hydrogen) atoms. The van der Waals surface area contributed by atoms with Gasteiger partial charge in [0.05, 0.1) is 0 Å². The van der Waals surface area contributed by atoms with Crippen molar-refractivity contribution in [3.63, 3.8) is 0 Å². The summed E-state index contributed by atoms with van der Waals surface area (Å²) < 4.78 is 32.3. The van der Waals surface area contributed by atoms with Crippen LogP contribution in [-0.2, 0) is 6.61 Å². The van der Waals surface area contributed by atoms with Gasteiger partial charge in [-0.2, -0.15) is 0 Å². The van der Waals surface area contributed by atoms with E-state index in [1.54, 1.807) is 42.5 Å². The van der Waals surface area contributed by atoms with Crippen LogP contribution in [0.2, 0.25) is 0 Å². The quantitative estimate of drug-likeness (QED) is 0.631. The van der Waals surface area contributed by atoms with Gasteiger partial charge in [0.15, 0.2) is 0 Å². The van der Waals surface area contributed by atoms with E-state index in [0.717, 1.165) is 28.0 Å². The van der Waals surface area contributed by atoms with Crippen molar-refractivity contribution < 1.29 is 18.6 Å². The van der Waals surface area contributed by atoms with Crippen LogP contribution in [0.4, 0.5) is 14.5 Å². The van der Waals surface area contributed by atoms with Crippen molar-refractivity contribution in [2.45, 2.75) is 16.4 Å². The number of rotatable bonds is 5. The summed E-state index contributed by atoms with van der Waals surface area (Å²) in [6, 6.07) is 15.2. The molecule has 3 aromatic carbocycles. The first-order valence-corrected chi connectivity index (χ1v) is 8.26. The van der Waals surface area contributed by atoms with Crippen LogP contribution < -0.4 is 10.5 Å². The summed E-state index contributed by atoms with van der Waals surface area (Å²) in [6.45, 7) is -0.0898. The van der Waals surface area contributed by atoms with Gasteiger partial charge < -0.3 is 15.6 Å². The van der Waals surface area contributed by atoms with Crippen LogP contribution in [0, 0.1) is 11.6 Å². The van der Waals surface area contributed by atoms with Gasteiger partial charge in [0.2, 0.25) is 0 Å². The molecule has 0 heterocycles. The molecule has 0 fully saturated rings. The Bertz CT molecular complexity index is 885. The van der Waals surface area contributed by atoms with Crippen LogP contribution in [0.5, 0.6) is 11.5 Å². The minimum Gasteiger partial charge on any atom is -0.508 e. The second-order valence-electron chi connectivity index (χ2n) is 5.32. The minimum atomic E-state index is -0.520. The maximum Gasteiger partial charge on any atom is 0.130 e. The first-order valence-electron chi connectivity index (χ1n) is 7.44. The molecule has 3 N–H and O–H groups in total. The van der Waals surface area contributed by atoms with Gasteiger partial charge in [-0.15, -0.1) is 0 Å². The van der Waals surface area contributed by atoms with Crippen molar-refractivity contribution in [1.29, 1.82) is 0 Å². The van der Waals surface area contributed by atoms with Gasteiger partial charge in [0.25, 0.3) is 0 Å². The maximum absolute atomic E-state index is 13.6. The second-order valence-corrected chi connectivity index (χ2v) is 6.44. The third-order valence-corrected chi connectivity index (χ3v) is 4.55. The fraction of sp³-hybridized carbons (Fsp3) is 0.0526. The van der Waals surface area contributed by atoms with E-state index in [-0.39, 0.29) is 17.9 Å². The summed E-state index contributed by atoms with van der Waals surface area (Å²) in [5.74, 6) is -0.365. The molecule has 3 nitrogen and oxygen atoms in total. The zero-order valence-corrected chi connectivity index (χ0v) is 13.9. The number of halogens is 2. The minimum absolute atomic E-state index is 0.0898. The largest absolute Gasteiger partial charge is 0.508 e. The molecule has 3 rings (SSSR count). The summed E-state index contributed by atoms with van der Waals surface area (Å²) in [5, 5.41) is 9.30. The average molecular weight is 359 g/mol. The SMILES string of the molecule is Nc1cc(OCc2cc(F)ccc2F)ccc1Sc1ccc(O)cc1. The molecule has 0 saturated carbocycles. The molecule has 6 heteroatoms. The summed E-state index contributed by atoms with van der Waals surface area (Å²) in [4.78, 5) is 1.76. The molecule has 3 aromatic rings. The summed E-state index contributed by atoms with van der Waals surface area (Å²) in [5.41, 5.74) is 6.69. The van der Waals surface area contributed by atoms with Crippen molar-refractivity contribution in [2.75, 3.05) is 5.73 Å². The summed E-state index contributed by atoms with van der Waals surface area (Å²) in [7, 11) is 0. The number of ether oxygens (including phenoxy) is 1. The van der Waals surface area contributed by atoms with E-state index in [2.05, 4.69) is 0 Å². The van der Waals surface area contributed by atoms with E-state index < -0.39 is 11.6 Å². The molecule has 0 bridgehead atoms. The zero-order valence-electron chi connectivity index (χ0n) is 13.1. The highest BCUT2D eigenvalue weighted by atomic mass is 32.2. The predicted molar refractivity (Wildman–Crippen MR) is 93.8 cm³/mol. The number of phenolic OH excluding ortho intramolecular Hbond substituents is 1. The van der Waals surface area contributed by atoms with Gasteiger partial charge in [0.1, 0.15) is 29.7 Å². The lowest BCUT2D eigenvalue weighted by Crippen LogP contribution is -2.00. The Balaban J connectivity index is 1.69. The predicted octanol–water partition coefficient (Wildman–Crippen LogP) is 4.98. The first kappa shape index (κ1) is 17.1. The number of hydrogen-bond acceptors (Lipinski definition) is 4. The smallest absolute Gasteiger partial charge is 0.130 e. The maximum atomic E-state index is 13.6. The number of hydrogen-bond donors (Lipinski definition) is 2. The molecule has 0 aliphatic rings. The van der Waals surface area contributed by atoms with E-state index in [4.69, 9.17) is 10.5 Å². The molecule has 0 saturated heterocycles. The van der Waals surface area contributed by atoms with Gasteiger partial charge in [-0.3, -0.25) is 0 Å². The highest BCUT2D eigenvalue weighted by Crippen LogP contribution is 2.34. The van der Waals surface area contributed by atoms with E-state index in [1.807, 2.05) is 0 Å². The molecular formula is C19H15F2NO2S. The van der Waals surface area contributed by atoms with Crippen molar-refractivity contribution in [3.8, 4) is 11.5 Å². The first-order chi connectivity index (χ1) is 12.0. The third kappa shape index (κ3) is 4.42. The van der Waals surface area contributed by atoms with E-state index in [0.29, 0.717) is 11.4 Å². The van der Waals surface area contributed by atoms with Crippen molar-refractivity contribution in [3.05, 3.63) is 77.9 Å². The molecule has 0 radical (unpaired) electrons. The molecular weight excluding hydrogens is 344 g/mol. The number of aromatic hydroxyl groups is 1. The van der Waals surface area contributed by atoms with Crippen LogP contribution in [0.1, 0.15) is 5.56 Å². The van der Waals surface area contributed by atoms with Crippen LogP contribution in [0.3, 0.4) is 0 Å². The lowest BCUT2D eigenvalue weighted by Gasteiger charge is -2.10. The van der Waals surface area contributed by atoms with Gasteiger partial charge in [-0.25, -0.2) is 8.78 Å². The monoisotopic (exact) mass is 359 g/mol. The Kier molecular flexibility index (Phi) is 5.09. The number of nitrogens with two attached hydrogens (primary N) is 1. The molecule has 0 spiro atoms. The third-order valence-electron chi connectivity index (χ3n) is 3.45. The highest BCUT2D eigenvalue weighted by Gasteiger charge is 2.07. The number of phenols is 1. The van der Waals surface area contributed by atoms with Gasteiger partial charge in [0, 0.05) is 27.1 Å². The molecule has 0 aliphatic carbocycles. The van der Waals surface area contributed by atoms with Crippen molar-refractivity contribution in [1.82, 2.24) is 0 Å². The average Bonchev–Trinajstić information content (AvgIpc) is 2.60. The van der Waals surface area contributed by atoms with E-state index >= 15 is 0 Å². The summed E-state index contributed by atoms with van der Waals surface area (Å²) in [6.07, 6.45) is 0. The molecule has 0 aromatic heterocycles. The Morgan fingerprint density at radius 2 is 1.72 bits per heavy atom. The zero-order chi connectivity index (χ0) is 17.8. The van der Waals surface area contributed by atoms with E-state index in [9.17, 15) is 13.9 Å². The molecule has 0 aliphatic heterocycles. The Labute approximate surface area is 148 Å². The molecule has 0 amide bonds. The lowest BCUT2D eigenvalue weighted by molar-refractivity contribution is 0.299. The van der Waals surface area contributed by atoms with Gasteiger partial charge in [-0.05, 0) is 54.6 Å². The fourth-order valence-electron chi connectivity index (χ4n) is 2.17. The lowest BCUT2D eigenvalue weighted by atomic mass is 10.2. The molecule has 0 atom stereocenters. The molecule has 128 valence electrons. The second kappa shape index (κ2) is 7.44. The fourth-order valence-corrected chi connectivity index (χ4v) is 3.00. The standard InChI is InChI=1S/C19H15F2NO2S/c20-13-1-7-17(21)12(9-13)11-24-15-4-8-19(18(22)10-15)25-16-5-2-14(23)3-6-16/h1-10,23H,11,22H2.